The third-order valence-corrected chi connectivity index (χ3v) is 1.48. The second-order valence-corrected chi connectivity index (χ2v) is 2.17. The van der Waals surface area contributed by atoms with Crippen molar-refractivity contribution in [2.45, 2.75) is 6.42 Å². The molecule has 1 rings (SSSR count). The summed E-state index contributed by atoms with van der Waals surface area (Å²) in [4.78, 5) is 2.36. The summed E-state index contributed by atoms with van der Waals surface area (Å²) in [5.41, 5.74) is 5.35. The molecular weight excluding hydrogens is 100 g/mol. The first-order valence-corrected chi connectivity index (χ1v) is 3.17. The van der Waals surface area contributed by atoms with Crippen LogP contribution in [0.5, 0.6) is 0 Å². The molecule has 0 unspecified atom stereocenters. The predicted octanol–water partition coefficient (Wildman–Crippen LogP) is -0.145. The van der Waals surface area contributed by atoms with Crippen LogP contribution in [-0.4, -0.2) is 31.1 Å². The van der Waals surface area contributed by atoms with Crippen molar-refractivity contribution < 1.29 is 0 Å². The van der Waals surface area contributed by atoms with E-state index < -0.39 is 0 Å². The average molecular weight is 113 g/mol. The van der Waals surface area contributed by atoms with Crippen LogP contribution >= 0.6 is 0 Å². The van der Waals surface area contributed by atoms with Crippen molar-refractivity contribution in [2.75, 3.05) is 26.2 Å². The summed E-state index contributed by atoms with van der Waals surface area (Å²) >= 11 is 0. The normalized spacial score (nSPS) is 22.1. The molecule has 1 fully saturated rings. The van der Waals surface area contributed by atoms with Crippen molar-refractivity contribution in [2.24, 2.45) is 5.73 Å². The Morgan fingerprint density at radius 2 is 2.50 bits per heavy atom. The number of nitrogens with zero attached hydrogens (tertiary/aromatic N) is 1. The molecular formula is C6H13N2. The van der Waals surface area contributed by atoms with Gasteiger partial charge in [-0.1, -0.05) is 0 Å². The smallest absolute Gasteiger partial charge is 0.0105 e. The first kappa shape index (κ1) is 6.05. The molecule has 47 valence electrons. The van der Waals surface area contributed by atoms with Gasteiger partial charge in [0.15, 0.2) is 0 Å². The maximum absolute atomic E-state index is 5.35. The molecule has 0 aromatic carbocycles. The lowest BCUT2D eigenvalue weighted by Crippen LogP contribution is -2.26. The Balaban J connectivity index is 2.06. The molecule has 1 saturated heterocycles. The number of hydrogen-bond donors (Lipinski definition) is 1. The van der Waals surface area contributed by atoms with Crippen LogP contribution in [0.2, 0.25) is 0 Å². The summed E-state index contributed by atoms with van der Waals surface area (Å²) in [6.07, 6.45) is 3.55. The Hall–Kier alpha value is -0.0800. The van der Waals surface area contributed by atoms with Gasteiger partial charge in [-0.15, -0.1) is 0 Å². The van der Waals surface area contributed by atoms with Crippen LogP contribution in [0.15, 0.2) is 0 Å². The summed E-state index contributed by atoms with van der Waals surface area (Å²) in [7, 11) is 0. The van der Waals surface area contributed by atoms with E-state index in [9.17, 15) is 0 Å². The number of rotatable bonds is 2. The fourth-order valence-electron chi connectivity index (χ4n) is 1.02. The second kappa shape index (κ2) is 3.05. The molecule has 0 saturated carbocycles. The average Bonchev–Trinajstić information content (AvgIpc) is 2.19. The first-order valence-electron chi connectivity index (χ1n) is 3.17. The van der Waals surface area contributed by atoms with Crippen LogP contribution in [-0.2, 0) is 0 Å². The van der Waals surface area contributed by atoms with Crippen LogP contribution in [0.4, 0.5) is 0 Å². The molecule has 1 aliphatic rings. The molecule has 0 bridgehead atoms. The topological polar surface area (TPSA) is 29.3 Å². The van der Waals surface area contributed by atoms with Gasteiger partial charge in [0, 0.05) is 19.6 Å². The van der Waals surface area contributed by atoms with Gasteiger partial charge < -0.3 is 10.6 Å². The zero-order valence-corrected chi connectivity index (χ0v) is 5.14. The van der Waals surface area contributed by atoms with E-state index in [1.165, 1.54) is 13.0 Å². The Morgan fingerprint density at radius 1 is 1.62 bits per heavy atom. The molecule has 8 heavy (non-hydrogen) atoms. The van der Waals surface area contributed by atoms with Crippen LogP contribution in [0.3, 0.4) is 0 Å². The van der Waals surface area contributed by atoms with E-state index >= 15 is 0 Å². The minimum atomic E-state index is 0.799. The quantitative estimate of drug-likeness (QED) is 0.540. The zero-order valence-electron chi connectivity index (χ0n) is 5.14. The van der Waals surface area contributed by atoms with Gasteiger partial charge in [-0.3, -0.25) is 0 Å². The predicted molar refractivity (Wildman–Crippen MR) is 34.4 cm³/mol. The van der Waals surface area contributed by atoms with E-state index in [2.05, 4.69) is 11.3 Å². The monoisotopic (exact) mass is 113 g/mol. The largest absolute Gasteiger partial charge is 0.329 e. The molecule has 0 aromatic heterocycles. The minimum Gasteiger partial charge on any atom is -0.329 e. The number of nitrogens with two attached hydrogens (primary N) is 1. The molecule has 1 aliphatic heterocycles. The maximum Gasteiger partial charge on any atom is 0.0105 e. The summed E-state index contributed by atoms with van der Waals surface area (Å²) in [6.45, 7) is 4.23. The lowest BCUT2D eigenvalue weighted by atomic mass is 10.4. The SMILES string of the molecule is NCCN1C[CH]CC1. The Kier molecular flexibility index (Phi) is 2.30. The third-order valence-electron chi connectivity index (χ3n) is 1.48. The first-order chi connectivity index (χ1) is 3.93. The van der Waals surface area contributed by atoms with Crippen LogP contribution < -0.4 is 5.73 Å². The fraction of sp³-hybridized carbons (Fsp3) is 0.833. The molecule has 1 heterocycles. The van der Waals surface area contributed by atoms with Crippen molar-refractivity contribution in [3.63, 3.8) is 0 Å². The van der Waals surface area contributed by atoms with Gasteiger partial charge in [0.2, 0.25) is 0 Å². The Labute approximate surface area is 50.7 Å². The molecule has 0 atom stereocenters. The van der Waals surface area contributed by atoms with Crippen LogP contribution in [0.1, 0.15) is 6.42 Å². The van der Waals surface area contributed by atoms with Crippen molar-refractivity contribution >= 4 is 0 Å². The van der Waals surface area contributed by atoms with Gasteiger partial charge in [0.05, 0.1) is 0 Å². The molecule has 2 N–H and O–H groups in total. The molecule has 0 aromatic rings. The lowest BCUT2D eigenvalue weighted by Gasteiger charge is -2.10. The molecule has 2 heteroatoms. The molecule has 1 radical (unpaired) electrons. The van der Waals surface area contributed by atoms with Gasteiger partial charge in [0.25, 0.3) is 0 Å². The third kappa shape index (κ3) is 1.46. The van der Waals surface area contributed by atoms with Gasteiger partial charge in [-0.2, -0.15) is 0 Å². The maximum atomic E-state index is 5.35. The Morgan fingerprint density at radius 3 is 3.00 bits per heavy atom. The number of likely N-dealkylation sites (tertiary alicyclic amines) is 1. The van der Waals surface area contributed by atoms with Crippen molar-refractivity contribution in [3.8, 4) is 0 Å². The van der Waals surface area contributed by atoms with E-state index in [0.717, 1.165) is 19.6 Å². The highest BCUT2D eigenvalue weighted by Crippen LogP contribution is 2.03. The van der Waals surface area contributed by atoms with Gasteiger partial charge >= 0.3 is 0 Å². The van der Waals surface area contributed by atoms with Gasteiger partial charge in [0.1, 0.15) is 0 Å². The minimum absolute atomic E-state index is 0.799. The summed E-state index contributed by atoms with van der Waals surface area (Å²) in [5.74, 6) is 0. The molecule has 0 spiro atoms. The van der Waals surface area contributed by atoms with E-state index in [-0.39, 0.29) is 0 Å². The van der Waals surface area contributed by atoms with Crippen molar-refractivity contribution in [1.82, 2.24) is 4.90 Å². The van der Waals surface area contributed by atoms with Crippen LogP contribution in [0.25, 0.3) is 0 Å². The molecule has 0 amide bonds. The van der Waals surface area contributed by atoms with Gasteiger partial charge in [-0.25, -0.2) is 0 Å². The highest BCUT2D eigenvalue weighted by atomic mass is 15.1. The highest BCUT2D eigenvalue weighted by molar-refractivity contribution is 4.80. The van der Waals surface area contributed by atoms with Gasteiger partial charge in [-0.05, 0) is 19.4 Å². The standard InChI is InChI=1S/C6H13N2/c7-3-6-8-4-1-2-5-8/h1H,2-7H2. The summed E-state index contributed by atoms with van der Waals surface area (Å²) in [6, 6.07) is 0. The van der Waals surface area contributed by atoms with E-state index in [1.807, 2.05) is 0 Å². The summed E-state index contributed by atoms with van der Waals surface area (Å²) < 4.78 is 0. The lowest BCUT2D eigenvalue weighted by molar-refractivity contribution is 0.354. The fourth-order valence-corrected chi connectivity index (χ4v) is 1.02. The van der Waals surface area contributed by atoms with Crippen molar-refractivity contribution in [3.05, 3.63) is 6.42 Å². The zero-order chi connectivity index (χ0) is 5.82. The summed E-state index contributed by atoms with van der Waals surface area (Å²) in [5, 5.41) is 0. The van der Waals surface area contributed by atoms with Crippen molar-refractivity contribution in [1.29, 1.82) is 0 Å². The highest BCUT2D eigenvalue weighted by Gasteiger charge is 2.08. The molecule has 0 aliphatic carbocycles. The Bertz CT molecular complexity index is 57.5. The number of hydrogen-bond acceptors (Lipinski definition) is 2. The molecule has 2 nitrogen and oxygen atoms in total. The van der Waals surface area contributed by atoms with E-state index in [1.54, 1.807) is 0 Å². The van der Waals surface area contributed by atoms with Crippen LogP contribution in [0, 0.1) is 6.42 Å². The second-order valence-electron chi connectivity index (χ2n) is 2.17. The van der Waals surface area contributed by atoms with E-state index in [4.69, 9.17) is 5.73 Å². The van der Waals surface area contributed by atoms with E-state index in [0.29, 0.717) is 0 Å².